The molecule has 0 spiro atoms. The fourth-order valence-electron chi connectivity index (χ4n) is 4.19. The van der Waals surface area contributed by atoms with Gasteiger partial charge in [-0.3, -0.25) is 15.0 Å². The van der Waals surface area contributed by atoms with E-state index < -0.39 is 0 Å². The number of rotatable bonds is 6. The lowest BCUT2D eigenvalue weighted by molar-refractivity contribution is -0.118. The van der Waals surface area contributed by atoms with Gasteiger partial charge in [0.1, 0.15) is 5.84 Å². The van der Waals surface area contributed by atoms with E-state index in [1.165, 1.54) is 0 Å². The number of carbonyl (C=O) groups is 2. The Morgan fingerprint density at radius 1 is 1.00 bits per heavy atom. The number of nitrogens with zero attached hydrogens (tertiary/aromatic N) is 2. The number of hydrogen-bond acceptors (Lipinski definition) is 3. The minimum Gasteiger partial charge on any atom is -0.384 e. The van der Waals surface area contributed by atoms with Crippen LogP contribution in [-0.2, 0) is 17.6 Å². The van der Waals surface area contributed by atoms with Crippen LogP contribution in [0.4, 0.5) is 11.4 Å². The Morgan fingerprint density at radius 3 is 2.35 bits per heavy atom. The molecule has 0 radical (unpaired) electrons. The molecule has 0 fully saturated rings. The van der Waals surface area contributed by atoms with Crippen molar-refractivity contribution in [3.63, 3.8) is 0 Å². The van der Waals surface area contributed by atoms with E-state index in [0.717, 1.165) is 35.3 Å². The molecule has 0 aromatic heterocycles. The standard InChI is InChI=1S/C27H28N4O2.ClH/c1-30(23-7-3-2-4-8-23)27(33)22-14-15-24-21(18-22)6-5-17-31(24)25(32)16-11-19-9-12-20(13-10-19)26(28)29;/h2-4,7-10,12-15,18H,5-6,11,16-17H2,1H3,(H3,28,29);1H. The number of nitrogens with one attached hydrogen (secondary N) is 1. The Bertz CT molecular complexity index is 1180. The second kappa shape index (κ2) is 11.0. The van der Waals surface area contributed by atoms with E-state index in [1.54, 1.807) is 11.9 Å². The molecule has 0 aliphatic carbocycles. The molecule has 1 aliphatic rings. The zero-order valence-corrected chi connectivity index (χ0v) is 20.0. The lowest BCUT2D eigenvalue weighted by Gasteiger charge is -2.30. The molecule has 3 N–H and O–H groups in total. The molecule has 4 rings (SSSR count). The summed E-state index contributed by atoms with van der Waals surface area (Å²) in [6.07, 6.45) is 2.75. The van der Waals surface area contributed by atoms with Crippen molar-refractivity contribution in [3.05, 3.63) is 95.1 Å². The third-order valence-corrected chi connectivity index (χ3v) is 6.09. The number of anilines is 2. The van der Waals surface area contributed by atoms with E-state index in [1.807, 2.05) is 77.7 Å². The molecule has 1 aliphatic heterocycles. The van der Waals surface area contributed by atoms with Crippen LogP contribution in [0.1, 0.15) is 39.9 Å². The fraction of sp³-hybridized carbons (Fsp3) is 0.222. The fourth-order valence-corrected chi connectivity index (χ4v) is 4.19. The summed E-state index contributed by atoms with van der Waals surface area (Å²) in [5.74, 6) is 0.0453. The Balaban J connectivity index is 0.00000324. The molecule has 176 valence electrons. The lowest BCUT2D eigenvalue weighted by Crippen LogP contribution is -2.36. The van der Waals surface area contributed by atoms with Crippen molar-refractivity contribution in [3.8, 4) is 0 Å². The average Bonchev–Trinajstić information content (AvgIpc) is 2.86. The maximum atomic E-state index is 13.0. The second-order valence-corrected chi connectivity index (χ2v) is 8.30. The monoisotopic (exact) mass is 476 g/mol. The van der Waals surface area contributed by atoms with Gasteiger partial charge in [-0.05, 0) is 60.7 Å². The van der Waals surface area contributed by atoms with Gasteiger partial charge in [0.2, 0.25) is 5.91 Å². The molecule has 3 aromatic rings. The Labute approximate surface area is 206 Å². The minimum absolute atomic E-state index is 0. The number of benzene rings is 3. The quantitative estimate of drug-likeness (QED) is 0.403. The van der Waals surface area contributed by atoms with E-state index >= 15 is 0 Å². The van der Waals surface area contributed by atoms with Crippen LogP contribution in [0.3, 0.4) is 0 Å². The van der Waals surface area contributed by atoms with Crippen LogP contribution in [0.5, 0.6) is 0 Å². The van der Waals surface area contributed by atoms with Crippen LogP contribution in [-0.4, -0.2) is 31.2 Å². The molecule has 7 heteroatoms. The first-order chi connectivity index (χ1) is 15.9. The number of hydrogen-bond donors (Lipinski definition) is 2. The number of para-hydroxylation sites is 1. The maximum absolute atomic E-state index is 13.0. The summed E-state index contributed by atoms with van der Waals surface area (Å²) in [7, 11) is 1.77. The molecule has 2 amide bonds. The van der Waals surface area contributed by atoms with Crippen LogP contribution < -0.4 is 15.5 Å². The molecule has 1 heterocycles. The second-order valence-electron chi connectivity index (χ2n) is 8.30. The van der Waals surface area contributed by atoms with Crippen molar-refractivity contribution in [2.24, 2.45) is 5.73 Å². The number of aryl methyl sites for hydroxylation is 2. The summed E-state index contributed by atoms with van der Waals surface area (Å²) in [4.78, 5) is 29.5. The number of fused-ring (bicyclic) bond motifs is 1. The molecule has 0 saturated heterocycles. The van der Waals surface area contributed by atoms with Gasteiger partial charge in [-0.1, -0.05) is 42.5 Å². The average molecular weight is 477 g/mol. The van der Waals surface area contributed by atoms with Crippen LogP contribution >= 0.6 is 12.4 Å². The molecule has 0 bridgehead atoms. The summed E-state index contributed by atoms with van der Waals surface area (Å²) in [5.41, 5.74) is 10.6. The van der Waals surface area contributed by atoms with Crippen LogP contribution in [0.15, 0.2) is 72.8 Å². The minimum atomic E-state index is -0.0681. The van der Waals surface area contributed by atoms with Gasteiger partial charge < -0.3 is 15.5 Å². The zero-order valence-electron chi connectivity index (χ0n) is 19.2. The van der Waals surface area contributed by atoms with Crippen LogP contribution in [0, 0.1) is 5.41 Å². The number of nitrogen functional groups attached to an aromatic ring is 1. The molecule has 0 unspecified atom stereocenters. The third-order valence-electron chi connectivity index (χ3n) is 6.09. The first-order valence-electron chi connectivity index (χ1n) is 11.1. The number of amides is 2. The highest BCUT2D eigenvalue weighted by molar-refractivity contribution is 6.06. The van der Waals surface area contributed by atoms with Gasteiger partial charge >= 0.3 is 0 Å². The third kappa shape index (κ3) is 5.46. The van der Waals surface area contributed by atoms with E-state index in [2.05, 4.69) is 0 Å². The normalized spacial score (nSPS) is 12.3. The molecular formula is C27H29ClN4O2. The highest BCUT2D eigenvalue weighted by Gasteiger charge is 2.24. The van der Waals surface area contributed by atoms with Crippen molar-refractivity contribution in [2.75, 3.05) is 23.4 Å². The highest BCUT2D eigenvalue weighted by Crippen LogP contribution is 2.29. The van der Waals surface area contributed by atoms with Gasteiger partial charge in [-0.2, -0.15) is 0 Å². The summed E-state index contributed by atoms with van der Waals surface area (Å²) < 4.78 is 0. The molecule has 3 aromatic carbocycles. The Morgan fingerprint density at radius 2 is 1.68 bits per heavy atom. The van der Waals surface area contributed by atoms with E-state index in [4.69, 9.17) is 11.1 Å². The number of nitrogens with two attached hydrogens (primary N) is 1. The number of halogens is 1. The van der Waals surface area contributed by atoms with Gasteiger partial charge in [-0.15, -0.1) is 12.4 Å². The highest BCUT2D eigenvalue weighted by atomic mass is 35.5. The van der Waals surface area contributed by atoms with Gasteiger partial charge in [0.25, 0.3) is 5.91 Å². The Kier molecular flexibility index (Phi) is 8.08. The van der Waals surface area contributed by atoms with Gasteiger partial charge in [0.15, 0.2) is 0 Å². The van der Waals surface area contributed by atoms with Gasteiger partial charge in [0.05, 0.1) is 0 Å². The largest absolute Gasteiger partial charge is 0.384 e. The maximum Gasteiger partial charge on any atom is 0.258 e. The van der Waals surface area contributed by atoms with Crippen molar-refractivity contribution >= 4 is 41.4 Å². The smallest absolute Gasteiger partial charge is 0.258 e. The van der Waals surface area contributed by atoms with Crippen LogP contribution in [0.2, 0.25) is 0 Å². The molecular weight excluding hydrogens is 448 g/mol. The summed E-state index contributed by atoms with van der Waals surface area (Å²) in [6.45, 7) is 0.687. The molecule has 34 heavy (non-hydrogen) atoms. The van der Waals surface area contributed by atoms with Crippen molar-refractivity contribution < 1.29 is 9.59 Å². The van der Waals surface area contributed by atoms with Crippen molar-refractivity contribution in [1.82, 2.24) is 0 Å². The first kappa shape index (κ1) is 25.0. The predicted molar refractivity (Wildman–Crippen MR) is 139 cm³/mol. The first-order valence-corrected chi connectivity index (χ1v) is 11.1. The van der Waals surface area contributed by atoms with E-state index in [-0.39, 0.29) is 30.1 Å². The number of amidine groups is 1. The van der Waals surface area contributed by atoms with Crippen molar-refractivity contribution in [2.45, 2.75) is 25.7 Å². The Hall–Kier alpha value is -3.64. The SMILES string of the molecule is CN(C(=O)c1ccc2c(c1)CCCN2C(=O)CCc1ccc(C(=N)N)cc1)c1ccccc1.Cl. The zero-order chi connectivity index (χ0) is 23.4. The predicted octanol–water partition coefficient (Wildman–Crippen LogP) is 4.58. The molecule has 0 saturated carbocycles. The summed E-state index contributed by atoms with van der Waals surface area (Å²) >= 11 is 0. The summed E-state index contributed by atoms with van der Waals surface area (Å²) in [6, 6.07) is 22.6. The van der Waals surface area contributed by atoms with Gasteiger partial charge in [-0.25, -0.2) is 0 Å². The van der Waals surface area contributed by atoms with Gasteiger partial charge in [0, 0.05) is 42.5 Å². The number of carbonyl (C=O) groups excluding carboxylic acids is 2. The van der Waals surface area contributed by atoms with E-state index in [0.29, 0.717) is 30.5 Å². The van der Waals surface area contributed by atoms with E-state index in [9.17, 15) is 9.59 Å². The van der Waals surface area contributed by atoms with Crippen molar-refractivity contribution in [1.29, 1.82) is 5.41 Å². The lowest BCUT2D eigenvalue weighted by atomic mass is 9.98. The molecule has 0 atom stereocenters. The van der Waals surface area contributed by atoms with Crippen LogP contribution in [0.25, 0.3) is 0 Å². The summed E-state index contributed by atoms with van der Waals surface area (Å²) in [5, 5.41) is 7.48. The topological polar surface area (TPSA) is 90.5 Å². The molecule has 6 nitrogen and oxygen atoms in total.